The molecule has 4 N–H and O–H groups in total. The molecule has 0 saturated carbocycles. The molecule has 0 aliphatic rings. The molecule has 0 aliphatic heterocycles. The number of nitrogens with one attached hydrogen (secondary N) is 4. The van der Waals surface area contributed by atoms with Crippen molar-refractivity contribution >= 4 is 17.9 Å². The van der Waals surface area contributed by atoms with E-state index in [1.54, 1.807) is 0 Å². The van der Waals surface area contributed by atoms with Crippen LogP contribution in [0.4, 0.5) is 5.82 Å². The van der Waals surface area contributed by atoms with E-state index in [4.69, 9.17) is 4.74 Å². The van der Waals surface area contributed by atoms with Gasteiger partial charge in [0.15, 0.2) is 0 Å². The molecule has 10 heteroatoms. The lowest BCUT2D eigenvalue weighted by atomic mass is 10.2. The van der Waals surface area contributed by atoms with E-state index in [1.807, 2.05) is 59.6 Å². The molecule has 3 aromatic rings. The number of carbonyl (C=O) groups excluding carboxylic acids is 1. The zero-order valence-corrected chi connectivity index (χ0v) is 15.9. The molecule has 154 valence electrons. The second-order valence-electron chi connectivity index (χ2n) is 6.17. The first kappa shape index (κ1) is 20.5. The van der Waals surface area contributed by atoms with Crippen molar-refractivity contribution in [3.05, 3.63) is 86.6 Å². The molecule has 3 rings (SSSR count). The van der Waals surface area contributed by atoms with Crippen molar-refractivity contribution in [3.63, 3.8) is 0 Å². The highest BCUT2D eigenvalue weighted by molar-refractivity contribution is 5.82. The van der Waals surface area contributed by atoms with Gasteiger partial charge in [0.25, 0.3) is 5.56 Å². The molecule has 30 heavy (non-hydrogen) atoms. The highest BCUT2D eigenvalue weighted by atomic mass is 16.5. The van der Waals surface area contributed by atoms with E-state index in [0.29, 0.717) is 12.4 Å². The molecular formula is C20H20N6O4. The number of hydrogen-bond donors (Lipinski definition) is 4. The van der Waals surface area contributed by atoms with Gasteiger partial charge in [0, 0.05) is 13.0 Å². The Morgan fingerprint density at radius 2 is 1.97 bits per heavy atom. The average molecular weight is 408 g/mol. The molecule has 1 aromatic heterocycles. The maximum atomic E-state index is 11.8. The van der Waals surface area contributed by atoms with Crippen LogP contribution in [0.3, 0.4) is 0 Å². The maximum Gasteiger partial charge on any atom is 0.342 e. The van der Waals surface area contributed by atoms with E-state index in [0.717, 1.165) is 11.1 Å². The van der Waals surface area contributed by atoms with Crippen molar-refractivity contribution in [1.82, 2.24) is 20.6 Å². The fourth-order valence-corrected chi connectivity index (χ4v) is 2.42. The molecule has 0 aliphatic carbocycles. The van der Waals surface area contributed by atoms with Crippen LogP contribution in [0.5, 0.6) is 5.75 Å². The Morgan fingerprint density at radius 1 is 1.13 bits per heavy atom. The summed E-state index contributed by atoms with van der Waals surface area (Å²) in [6, 6.07) is 17.2. The molecule has 2 aromatic carbocycles. The van der Waals surface area contributed by atoms with Gasteiger partial charge in [-0.1, -0.05) is 42.5 Å². The highest BCUT2D eigenvalue weighted by Gasteiger charge is 2.04. The number of H-pyrrole nitrogens is 2. The summed E-state index contributed by atoms with van der Waals surface area (Å²) in [6.07, 6.45) is 1.56. The minimum Gasteiger partial charge on any atom is -0.489 e. The first-order chi connectivity index (χ1) is 14.6. The molecule has 10 nitrogen and oxygen atoms in total. The number of ether oxygens (including phenoxy) is 1. The van der Waals surface area contributed by atoms with Gasteiger partial charge in [-0.05, 0) is 23.3 Å². The lowest BCUT2D eigenvalue weighted by Crippen LogP contribution is -2.28. The number of anilines is 1. The van der Waals surface area contributed by atoms with Crippen molar-refractivity contribution in [1.29, 1.82) is 0 Å². The molecule has 0 fully saturated rings. The molecule has 1 heterocycles. The Bertz CT molecular complexity index is 1120. The smallest absolute Gasteiger partial charge is 0.342 e. The largest absolute Gasteiger partial charge is 0.489 e. The Balaban J connectivity index is 1.43. The molecular weight excluding hydrogens is 388 g/mol. The summed E-state index contributed by atoms with van der Waals surface area (Å²) in [6.45, 7) is 0.602. The first-order valence-electron chi connectivity index (χ1n) is 9.12. The maximum absolute atomic E-state index is 11.8. The summed E-state index contributed by atoms with van der Waals surface area (Å²) in [4.78, 5) is 36.2. The van der Waals surface area contributed by atoms with Crippen LogP contribution in [-0.4, -0.2) is 33.8 Å². The minimum atomic E-state index is -0.702. The fourth-order valence-electron chi connectivity index (χ4n) is 2.42. The summed E-state index contributed by atoms with van der Waals surface area (Å²) >= 11 is 0. The summed E-state index contributed by atoms with van der Waals surface area (Å²) in [5, 5.41) is 12.2. The third-order valence-electron chi connectivity index (χ3n) is 3.87. The van der Waals surface area contributed by atoms with Crippen LogP contribution in [0.1, 0.15) is 17.5 Å². The average Bonchev–Trinajstić information content (AvgIpc) is 2.75. The van der Waals surface area contributed by atoms with Crippen LogP contribution in [0.15, 0.2) is 69.3 Å². The number of amides is 1. The molecule has 1 amide bonds. The van der Waals surface area contributed by atoms with E-state index >= 15 is 0 Å². The second kappa shape index (κ2) is 10.4. The number of carbonyl (C=O) groups is 1. The van der Waals surface area contributed by atoms with Crippen LogP contribution in [0.25, 0.3) is 0 Å². The predicted molar refractivity (Wildman–Crippen MR) is 112 cm³/mol. The van der Waals surface area contributed by atoms with E-state index in [2.05, 4.69) is 26.0 Å². The number of benzene rings is 2. The quantitative estimate of drug-likeness (QED) is 0.307. The summed E-state index contributed by atoms with van der Waals surface area (Å²) in [5.41, 5.74) is 2.87. The van der Waals surface area contributed by atoms with E-state index < -0.39 is 11.2 Å². The SMILES string of the molecule is O=C(CCNc1n[nH]c(=O)[nH]c1=O)N/N=C\c1cccc(OCc2ccccc2)c1. The number of hydrogen-bond acceptors (Lipinski definition) is 7. The van der Waals surface area contributed by atoms with Crippen LogP contribution in [0.2, 0.25) is 0 Å². The first-order valence-corrected chi connectivity index (χ1v) is 9.12. The zero-order valence-electron chi connectivity index (χ0n) is 15.9. The van der Waals surface area contributed by atoms with Crippen molar-refractivity contribution in [3.8, 4) is 5.75 Å². The van der Waals surface area contributed by atoms with E-state index in [-0.39, 0.29) is 24.7 Å². The van der Waals surface area contributed by atoms with Crippen molar-refractivity contribution in [2.75, 3.05) is 11.9 Å². The van der Waals surface area contributed by atoms with Gasteiger partial charge in [0.05, 0.1) is 6.21 Å². The van der Waals surface area contributed by atoms with Gasteiger partial charge in [-0.2, -0.15) is 5.10 Å². The third kappa shape index (κ3) is 6.44. The number of rotatable bonds is 9. The molecule has 0 spiro atoms. The van der Waals surface area contributed by atoms with Gasteiger partial charge in [-0.15, -0.1) is 5.10 Å². The van der Waals surface area contributed by atoms with Gasteiger partial charge < -0.3 is 10.1 Å². The molecule has 0 saturated heterocycles. The van der Waals surface area contributed by atoms with Gasteiger partial charge in [0.2, 0.25) is 11.7 Å². The minimum absolute atomic E-state index is 0.0534. The summed E-state index contributed by atoms with van der Waals surface area (Å²) < 4.78 is 5.76. The normalized spacial score (nSPS) is 10.7. The van der Waals surface area contributed by atoms with Crippen LogP contribution in [-0.2, 0) is 11.4 Å². The van der Waals surface area contributed by atoms with Crippen molar-refractivity contribution in [2.24, 2.45) is 5.10 Å². The Kier molecular flexibility index (Phi) is 7.09. The third-order valence-corrected chi connectivity index (χ3v) is 3.87. The fraction of sp³-hybridized carbons (Fsp3) is 0.150. The van der Waals surface area contributed by atoms with E-state index in [9.17, 15) is 14.4 Å². The van der Waals surface area contributed by atoms with Crippen molar-refractivity contribution in [2.45, 2.75) is 13.0 Å². The topological polar surface area (TPSA) is 141 Å². The molecule has 0 bridgehead atoms. The monoisotopic (exact) mass is 408 g/mol. The Morgan fingerprint density at radius 3 is 2.77 bits per heavy atom. The van der Waals surface area contributed by atoms with Gasteiger partial charge in [-0.3, -0.25) is 14.6 Å². The Labute approximate surface area is 171 Å². The lowest BCUT2D eigenvalue weighted by Gasteiger charge is -2.06. The van der Waals surface area contributed by atoms with Crippen molar-refractivity contribution < 1.29 is 9.53 Å². The van der Waals surface area contributed by atoms with Crippen LogP contribution in [0, 0.1) is 0 Å². The number of hydrazone groups is 1. The predicted octanol–water partition coefficient (Wildman–Crippen LogP) is 0.990. The molecule has 0 atom stereocenters. The van der Waals surface area contributed by atoms with Crippen LogP contribution >= 0.6 is 0 Å². The summed E-state index contributed by atoms with van der Waals surface area (Å²) in [5.74, 6) is 0.270. The number of nitrogens with zero attached hydrogens (tertiary/aromatic N) is 2. The van der Waals surface area contributed by atoms with E-state index in [1.165, 1.54) is 6.21 Å². The molecule has 0 unspecified atom stereocenters. The Hall–Kier alpha value is -4.21. The zero-order chi connectivity index (χ0) is 21.2. The lowest BCUT2D eigenvalue weighted by molar-refractivity contribution is -0.120. The number of aromatic nitrogens is 3. The molecule has 0 radical (unpaired) electrons. The van der Waals surface area contributed by atoms with Gasteiger partial charge >= 0.3 is 5.69 Å². The van der Waals surface area contributed by atoms with Gasteiger partial charge in [0.1, 0.15) is 12.4 Å². The second-order valence-corrected chi connectivity index (χ2v) is 6.17. The highest BCUT2D eigenvalue weighted by Crippen LogP contribution is 2.14. The number of aromatic amines is 2. The summed E-state index contributed by atoms with van der Waals surface area (Å²) in [7, 11) is 0. The van der Waals surface area contributed by atoms with Gasteiger partial charge in [-0.25, -0.2) is 15.3 Å². The standard InChI is InChI=1S/C20H20N6O4/c27-17(9-10-21-18-19(28)23-20(29)26-25-18)24-22-12-15-7-4-8-16(11-15)30-13-14-5-2-1-3-6-14/h1-8,11-12H,9-10,13H2,(H,21,25)(H,24,27)(H2,23,26,28,29)/b22-12-. The van der Waals surface area contributed by atoms with Crippen LogP contribution < -0.4 is 26.7 Å².